The van der Waals surface area contributed by atoms with E-state index in [0.29, 0.717) is 0 Å². The maximum absolute atomic E-state index is 11.0. The van der Waals surface area contributed by atoms with Gasteiger partial charge in [0.05, 0.1) is 5.52 Å². The predicted octanol–water partition coefficient (Wildman–Crippen LogP) is 3.54. The lowest BCUT2D eigenvalue weighted by Crippen LogP contribution is -2.11. The molecule has 18 heavy (non-hydrogen) atoms. The van der Waals surface area contributed by atoms with Crippen LogP contribution in [0, 0.1) is 6.92 Å². The Kier molecular flexibility index (Phi) is 2.85. The molecule has 94 valence electrons. The van der Waals surface area contributed by atoms with Gasteiger partial charge in [-0.3, -0.25) is 0 Å². The fourth-order valence-electron chi connectivity index (χ4n) is 1.97. The first-order valence-electron chi connectivity index (χ1n) is 5.94. The number of rotatable bonds is 1. The Hall–Kier alpha value is -1.90. The summed E-state index contributed by atoms with van der Waals surface area (Å²) in [5.74, 6) is -0.986. The highest BCUT2D eigenvalue weighted by molar-refractivity contribution is 5.91. The largest absolute Gasteiger partial charge is 0.477 e. The van der Waals surface area contributed by atoms with Crippen LogP contribution in [-0.4, -0.2) is 16.1 Å². The number of hydrogen-bond donors (Lipinski definition) is 1. The van der Waals surface area contributed by atoms with Gasteiger partial charge in [-0.1, -0.05) is 26.8 Å². The minimum absolute atomic E-state index is 0.0755. The Morgan fingerprint density at radius 2 is 1.89 bits per heavy atom. The van der Waals surface area contributed by atoms with Gasteiger partial charge in [-0.15, -0.1) is 0 Å². The van der Waals surface area contributed by atoms with Crippen LogP contribution in [0.4, 0.5) is 0 Å². The Morgan fingerprint density at radius 3 is 2.44 bits per heavy atom. The van der Waals surface area contributed by atoms with Crippen molar-refractivity contribution in [2.75, 3.05) is 0 Å². The van der Waals surface area contributed by atoms with Gasteiger partial charge in [0.25, 0.3) is 0 Å². The van der Waals surface area contributed by atoms with E-state index in [0.717, 1.165) is 16.5 Å². The predicted molar refractivity (Wildman–Crippen MR) is 72.1 cm³/mol. The van der Waals surface area contributed by atoms with Crippen LogP contribution in [0.5, 0.6) is 0 Å². The molecule has 1 aromatic heterocycles. The Balaban J connectivity index is 2.69. The number of hydrogen-bond acceptors (Lipinski definition) is 2. The summed E-state index contributed by atoms with van der Waals surface area (Å²) < 4.78 is 0. The average Bonchev–Trinajstić information content (AvgIpc) is 2.27. The highest BCUT2D eigenvalue weighted by atomic mass is 16.4. The molecule has 0 saturated carbocycles. The standard InChI is InChI=1S/C15H17NO2/c1-9-7-13(14(17)18)16-12-6-5-10(8-11(9)12)15(2,3)4/h5-8H,1-4H3,(H,17,18). The van der Waals surface area contributed by atoms with Crippen LogP contribution in [-0.2, 0) is 5.41 Å². The molecule has 0 aliphatic carbocycles. The molecule has 0 aliphatic rings. The van der Waals surface area contributed by atoms with E-state index in [1.807, 2.05) is 19.1 Å². The van der Waals surface area contributed by atoms with E-state index in [4.69, 9.17) is 5.11 Å². The summed E-state index contributed by atoms with van der Waals surface area (Å²) in [4.78, 5) is 15.1. The second-order valence-electron chi connectivity index (χ2n) is 5.61. The van der Waals surface area contributed by atoms with E-state index in [1.54, 1.807) is 6.07 Å². The molecule has 0 fully saturated rings. The molecule has 0 spiro atoms. The Morgan fingerprint density at radius 1 is 1.22 bits per heavy atom. The minimum Gasteiger partial charge on any atom is -0.477 e. The van der Waals surface area contributed by atoms with Crippen LogP contribution < -0.4 is 0 Å². The van der Waals surface area contributed by atoms with Crippen molar-refractivity contribution in [1.82, 2.24) is 4.98 Å². The zero-order valence-electron chi connectivity index (χ0n) is 11.1. The lowest BCUT2D eigenvalue weighted by molar-refractivity contribution is 0.0691. The molecule has 2 aromatic rings. The second-order valence-corrected chi connectivity index (χ2v) is 5.61. The number of benzene rings is 1. The van der Waals surface area contributed by atoms with Crippen molar-refractivity contribution >= 4 is 16.9 Å². The SMILES string of the molecule is Cc1cc(C(=O)O)nc2ccc(C(C)(C)C)cc12. The van der Waals surface area contributed by atoms with Gasteiger partial charge in [-0.2, -0.15) is 0 Å². The normalized spacial score (nSPS) is 11.8. The van der Waals surface area contributed by atoms with Gasteiger partial charge in [0.1, 0.15) is 5.69 Å². The van der Waals surface area contributed by atoms with Gasteiger partial charge in [0.2, 0.25) is 0 Å². The first-order valence-corrected chi connectivity index (χ1v) is 5.94. The molecule has 3 nitrogen and oxygen atoms in total. The zero-order chi connectivity index (χ0) is 13.5. The molecule has 0 amide bonds. The molecule has 0 radical (unpaired) electrons. The number of aryl methyl sites for hydroxylation is 1. The van der Waals surface area contributed by atoms with Crippen molar-refractivity contribution in [3.8, 4) is 0 Å². The number of nitrogens with zero attached hydrogens (tertiary/aromatic N) is 1. The maximum atomic E-state index is 11.0. The highest BCUT2D eigenvalue weighted by Gasteiger charge is 2.15. The van der Waals surface area contributed by atoms with Crippen LogP contribution in [0.25, 0.3) is 10.9 Å². The summed E-state index contributed by atoms with van der Waals surface area (Å²) in [7, 11) is 0. The number of aromatic nitrogens is 1. The molecule has 0 unspecified atom stereocenters. The molecule has 0 atom stereocenters. The van der Waals surface area contributed by atoms with Crippen molar-refractivity contribution in [3.05, 3.63) is 41.1 Å². The smallest absolute Gasteiger partial charge is 0.354 e. The molecular weight excluding hydrogens is 226 g/mol. The molecule has 1 N–H and O–H groups in total. The van der Waals surface area contributed by atoms with Crippen molar-refractivity contribution in [3.63, 3.8) is 0 Å². The summed E-state index contributed by atoms with van der Waals surface area (Å²) in [6, 6.07) is 7.64. The molecule has 2 rings (SSSR count). The third kappa shape index (κ3) is 2.21. The van der Waals surface area contributed by atoms with Gasteiger partial charge in [-0.05, 0) is 41.7 Å². The van der Waals surface area contributed by atoms with Gasteiger partial charge >= 0.3 is 5.97 Å². The number of carboxylic acid groups (broad SMARTS) is 1. The fourth-order valence-corrected chi connectivity index (χ4v) is 1.97. The van der Waals surface area contributed by atoms with Gasteiger partial charge in [-0.25, -0.2) is 9.78 Å². The Bertz CT molecular complexity index is 624. The summed E-state index contributed by atoms with van der Waals surface area (Å²) >= 11 is 0. The average molecular weight is 243 g/mol. The first-order chi connectivity index (χ1) is 8.29. The van der Waals surface area contributed by atoms with Crippen LogP contribution in [0.3, 0.4) is 0 Å². The molecule has 0 bridgehead atoms. The molecule has 3 heteroatoms. The minimum atomic E-state index is -0.986. The van der Waals surface area contributed by atoms with E-state index in [9.17, 15) is 4.79 Å². The van der Waals surface area contributed by atoms with E-state index >= 15 is 0 Å². The lowest BCUT2D eigenvalue weighted by Gasteiger charge is -2.19. The molecule has 1 heterocycles. The number of aromatic carboxylic acids is 1. The van der Waals surface area contributed by atoms with E-state index < -0.39 is 5.97 Å². The van der Waals surface area contributed by atoms with Gasteiger partial charge < -0.3 is 5.11 Å². The molecule has 1 aromatic carbocycles. The topological polar surface area (TPSA) is 50.2 Å². The summed E-state index contributed by atoms with van der Waals surface area (Å²) in [6.07, 6.45) is 0. The van der Waals surface area contributed by atoms with Crippen molar-refractivity contribution in [2.45, 2.75) is 33.1 Å². The zero-order valence-corrected chi connectivity index (χ0v) is 11.1. The maximum Gasteiger partial charge on any atom is 0.354 e. The number of fused-ring (bicyclic) bond motifs is 1. The quantitative estimate of drug-likeness (QED) is 0.833. The summed E-state index contributed by atoms with van der Waals surface area (Å²) in [5.41, 5.74) is 3.09. The van der Waals surface area contributed by atoms with Crippen molar-refractivity contribution < 1.29 is 9.90 Å². The van der Waals surface area contributed by atoms with Gasteiger partial charge in [0, 0.05) is 5.39 Å². The monoisotopic (exact) mass is 243 g/mol. The van der Waals surface area contributed by atoms with Gasteiger partial charge in [0.15, 0.2) is 0 Å². The molecule has 0 aliphatic heterocycles. The van der Waals surface area contributed by atoms with Crippen molar-refractivity contribution in [1.29, 1.82) is 0 Å². The van der Waals surface area contributed by atoms with Crippen LogP contribution in [0.15, 0.2) is 24.3 Å². The molecular formula is C15H17NO2. The van der Waals surface area contributed by atoms with Crippen LogP contribution in [0.1, 0.15) is 42.4 Å². The second kappa shape index (κ2) is 4.09. The third-order valence-corrected chi connectivity index (χ3v) is 3.10. The number of pyridine rings is 1. The van der Waals surface area contributed by atoms with E-state index in [2.05, 4.69) is 31.8 Å². The van der Waals surface area contributed by atoms with E-state index in [1.165, 1.54) is 5.56 Å². The third-order valence-electron chi connectivity index (χ3n) is 3.10. The number of carboxylic acids is 1. The van der Waals surface area contributed by atoms with Crippen LogP contribution >= 0.6 is 0 Å². The van der Waals surface area contributed by atoms with Crippen LogP contribution in [0.2, 0.25) is 0 Å². The fraction of sp³-hybridized carbons (Fsp3) is 0.333. The Labute approximate surface area is 106 Å². The summed E-state index contributed by atoms with van der Waals surface area (Å²) in [6.45, 7) is 8.39. The number of carbonyl (C=O) groups is 1. The highest BCUT2D eigenvalue weighted by Crippen LogP contribution is 2.27. The summed E-state index contributed by atoms with van der Waals surface area (Å²) in [5, 5.41) is 10.0. The lowest BCUT2D eigenvalue weighted by atomic mass is 9.86. The molecule has 0 saturated heterocycles. The van der Waals surface area contributed by atoms with Crippen molar-refractivity contribution in [2.24, 2.45) is 0 Å². The first kappa shape index (κ1) is 12.6. The van der Waals surface area contributed by atoms with E-state index in [-0.39, 0.29) is 11.1 Å².